The van der Waals surface area contributed by atoms with Crippen LogP contribution >= 0.6 is 47.0 Å². The van der Waals surface area contributed by atoms with E-state index in [-0.39, 0.29) is 83.4 Å². The topological polar surface area (TPSA) is 312 Å². The van der Waals surface area contributed by atoms with E-state index in [1.807, 2.05) is 29.5 Å². The van der Waals surface area contributed by atoms with Gasteiger partial charge in [0.25, 0.3) is 0 Å². The minimum Gasteiger partial charge on any atom is -0.492 e. The van der Waals surface area contributed by atoms with Gasteiger partial charge in [-0.2, -0.15) is 18.1 Å². The number of aliphatic hydroxyl groups is 6. The number of hydroxylamine groups is 1. The number of allylic oxidation sites excluding steroid dienone is 2. The molecule has 0 saturated carbocycles. The summed E-state index contributed by atoms with van der Waals surface area (Å²) in [4.78, 5) is 33.3. The Morgan fingerprint density at radius 1 is 0.877 bits per heavy atom. The number of thioether (sulfide) groups is 1. The molecule has 0 spiro atoms. The summed E-state index contributed by atoms with van der Waals surface area (Å²) in [6.07, 6.45) is -15.0. The molecule has 4 fully saturated rings. The van der Waals surface area contributed by atoms with Gasteiger partial charge >= 0.3 is 6.09 Å². The summed E-state index contributed by atoms with van der Waals surface area (Å²) < 4.78 is 72.3. The maximum atomic E-state index is 14.4. The quantitative estimate of drug-likeness (QED) is 0.0404. The van der Waals surface area contributed by atoms with Gasteiger partial charge in [0.05, 0.1) is 96.7 Å². The second kappa shape index (κ2) is 29.2. The lowest BCUT2D eigenvalue weighted by Crippen LogP contribution is -2.65. The third-order valence-corrected chi connectivity index (χ3v) is 17.6. The molecule has 9 N–H and O–H groups in total. The maximum absolute atomic E-state index is 14.4. The molecule has 1 aromatic carbocycles. The first-order chi connectivity index (χ1) is 38.7. The van der Waals surface area contributed by atoms with Crippen LogP contribution in [0, 0.1) is 34.2 Å². The van der Waals surface area contributed by atoms with Gasteiger partial charge in [0.15, 0.2) is 36.0 Å². The van der Waals surface area contributed by atoms with Crippen molar-refractivity contribution in [3.05, 3.63) is 49.8 Å². The lowest BCUT2D eigenvalue weighted by molar-refractivity contribution is -0.336. The SMILES string of the molecule is CCN[C@H]1CO[C@@H](O[C@H]2[C@H](O[C@H]3C#C/C=C\C#C[C@]4(O)C[C@H](O)C(NC(=O)OC)=C3/C4=C\CS)O[C@H](C)[C@@H](NO[C@H]3C[C@H](O)[C@H](SC(=O)c4c(C)c(I)c(O[C@@H]5O[C@@H](C)[C@H](O)[C@@H](OC)[C@H]5O)c(OC)c4OC)[C@@H](C)O3)[C@@H]2O)C[C@@H]1OC. The van der Waals surface area contributed by atoms with Gasteiger partial charge in [0.2, 0.25) is 17.2 Å². The zero-order valence-electron chi connectivity index (χ0n) is 46.5. The molecule has 4 aliphatic heterocycles. The van der Waals surface area contributed by atoms with Crippen molar-refractivity contribution in [2.45, 2.75) is 175 Å². The van der Waals surface area contributed by atoms with Crippen LogP contribution in [0.4, 0.5) is 4.79 Å². The molecule has 81 heavy (non-hydrogen) atoms. The minimum atomic E-state index is -1.97. The fourth-order valence-electron chi connectivity index (χ4n) is 10.5. The third-order valence-electron chi connectivity index (χ3n) is 14.7. The van der Waals surface area contributed by atoms with Crippen molar-refractivity contribution in [1.29, 1.82) is 0 Å². The van der Waals surface area contributed by atoms with Gasteiger partial charge in [-0.15, -0.1) is 0 Å². The number of fused-ring (bicyclic) bond motifs is 2. The second-order valence-electron chi connectivity index (χ2n) is 19.9. The van der Waals surface area contributed by atoms with Crippen LogP contribution in [-0.4, -0.2) is 218 Å². The van der Waals surface area contributed by atoms with Crippen LogP contribution in [0.5, 0.6) is 17.2 Å². The van der Waals surface area contributed by atoms with E-state index in [2.05, 4.69) is 52.4 Å². The monoisotopic (exact) mass is 1290 g/mol. The molecule has 1 amide bonds. The van der Waals surface area contributed by atoms with Gasteiger partial charge in [0, 0.05) is 50.4 Å². The number of likely N-dealkylation sites (N-methyl/N-ethyl adjacent to an activating group) is 1. The third kappa shape index (κ3) is 14.5. The second-order valence-corrected chi connectivity index (χ2v) is 22.5. The summed E-state index contributed by atoms with van der Waals surface area (Å²) in [5.41, 5.74) is 1.59. The maximum Gasteiger partial charge on any atom is 0.411 e. The Labute approximate surface area is 494 Å². The number of hydrogen-bond donors (Lipinski definition) is 10. The Kier molecular flexibility index (Phi) is 23.5. The number of benzene rings is 1. The van der Waals surface area contributed by atoms with Crippen molar-refractivity contribution in [3.8, 4) is 40.9 Å². The molecule has 450 valence electrons. The summed E-state index contributed by atoms with van der Waals surface area (Å²) in [7, 11) is 6.80. The Bertz CT molecular complexity index is 2600. The van der Waals surface area contributed by atoms with Crippen LogP contribution in [0.1, 0.15) is 62.9 Å². The molecule has 4 heterocycles. The molecule has 6 aliphatic rings. The van der Waals surface area contributed by atoms with Crippen molar-refractivity contribution in [3.63, 3.8) is 0 Å². The smallest absolute Gasteiger partial charge is 0.411 e. The molecule has 1 aromatic rings. The molecule has 24 nitrogen and oxygen atoms in total. The lowest BCUT2D eigenvalue weighted by atomic mass is 9.74. The van der Waals surface area contributed by atoms with Gasteiger partial charge in [-0.3, -0.25) is 14.9 Å². The van der Waals surface area contributed by atoms with E-state index >= 15 is 0 Å². The highest BCUT2D eigenvalue weighted by Crippen LogP contribution is 2.49. The van der Waals surface area contributed by atoms with Crippen molar-refractivity contribution >= 4 is 58.2 Å². The normalized spacial score (nSPS) is 37.7. The van der Waals surface area contributed by atoms with Crippen molar-refractivity contribution < 1.29 is 102 Å². The number of nitrogens with one attached hydrogen (secondary N) is 3. The Balaban J connectivity index is 1.10. The van der Waals surface area contributed by atoms with Crippen LogP contribution in [0.15, 0.2) is 35.1 Å². The zero-order valence-corrected chi connectivity index (χ0v) is 50.4. The summed E-state index contributed by atoms with van der Waals surface area (Å²) in [6.45, 7) is 9.42. The van der Waals surface area contributed by atoms with E-state index in [1.165, 1.54) is 33.5 Å². The molecule has 0 unspecified atom stereocenters. The van der Waals surface area contributed by atoms with Crippen molar-refractivity contribution in [2.75, 3.05) is 54.5 Å². The summed E-state index contributed by atoms with van der Waals surface area (Å²) >= 11 is 7.24. The number of methoxy groups -OCH3 is 5. The molecule has 2 bridgehead atoms. The number of hydrogen-bond acceptors (Lipinski definition) is 25. The highest BCUT2D eigenvalue weighted by atomic mass is 127. The van der Waals surface area contributed by atoms with E-state index in [0.717, 1.165) is 18.9 Å². The Hall–Kier alpha value is -3.35. The number of aliphatic hydroxyl groups excluding tert-OH is 5. The van der Waals surface area contributed by atoms with Gasteiger partial charge in [-0.25, -0.2) is 4.79 Å². The van der Waals surface area contributed by atoms with Crippen LogP contribution in [0.2, 0.25) is 0 Å². The minimum absolute atomic E-state index is 0.0281. The van der Waals surface area contributed by atoms with E-state index in [0.29, 0.717) is 15.7 Å². The summed E-state index contributed by atoms with van der Waals surface area (Å²) in [6, 6.07) is -1.25. The predicted octanol–water partition coefficient (Wildman–Crippen LogP) is 1.26. The molecule has 0 radical (unpaired) electrons. The van der Waals surface area contributed by atoms with Crippen LogP contribution in [0.3, 0.4) is 0 Å². The molecule has 0 aromatic heterocycles. The molecular weight excluding hydrogens is 1220 g/mol. The predicted molar refractivity (Wildman–Crippen MR) is 301 cm³/mol. The van der Waals surface area contributed by atoms with E-state index < -0.39 is 120 Å². The van der Waals surface area contributed by atoms with E-state index in [4.69, 9.17) is 61.7 Å². The Morgan fingerprint density at radius 2 is 1.59 bits per heavy atom. The zero-order chi connectivity index (χ0) is 59.0. The van der Waals surface area contributed by atoms with Crippen LogP contribution in [-0.2, 0) is 47.5 Å². The van der Waals surface area contributed by atoms with Gasteiger partial charge < -0.3 is 92.8 Å². The van der Waals surface area contributed by atoms with Crippen molar-refractivity contribution in [1.82, 2.24) is 16.1 Å². The average molecular weight is 1290 g/mol. The number of alkyl carbamates (subject to hydrolysis) is 1. The van der Waals surface area contributed by atoms with Crippen LogP contribution in [0.25, 0.3) is 0 Å². The number of carbonyl (C=O) groups is 2. The molecule has 4 saturated heterocycles. The number of rotatable bonds is 19. The van der Waals surface area contributed by atoms with Gasteiger partial charge in [-0.05, 0) is 74.5 Å². The summed E-state index contributed by atoms with van der Waals surface area (Å²) in [5, 5.41) is 74.0. The number of thiol groups is 1. The first-order valence-electron chi connectivity index (χ1n) is 26.3. The molecule has 2 aliphatic carbocycles. The molecule has 20 atom stereocenters. The first kappa shape index (κ1) is 65.2. The molecular formula is C54H74IN3O21S2. The highest BCUT2D eigenvalue weighted by molar-refractivity contribution is 14.1. The van der Waals surface area contributed by atoms with Crippen molar-refractivity contribution in [2.24, 2.45) is 0 Å². The standard InChI is InChI=1S/C54H74IN3O21S2/c1-11-56-29-23-72-34(21-33(29)67-6)77-47-42(62)39(25(3)74-52(47)76-32-16-14-12-13-15-18-54(66)22-31(60)40(57-53(65)71-10)37(32)28(54)17-19-80)58-79-35-20-30(59)49(27(5)73-35)81-50(64)36-24(2)38(55)45(48(70-9)44(36)68-7)78-51-43(63)46(69-8)41(61)26(4)75-51/h12-13,17,25-27,29-35,39,41-43,46-47,49,51-52,56,58-63,66,80H,11,19-23H2,1-10H3,(H,57,65)/b13-12-,28-17+/t25-,26+,27-,29+,30+,31+,32+,33+,34+,35+,39-,41+,42+,43-,46-,47-,49-,51+,52+,54+/m1/s1. The van der Waals surface area contributed by atoms with Gasteiger partial charge in [0.1, 0.15) is 36.6 Å². The number of halogens is 1. The highest BCUT2D eigenvalue weighted by Gasteiger charge is 2.52. The number of amides is 1. The fourth-order valence-corrected chi connectivity index (χ4v) is 12.5. The summed E-state index contributed by atoms with van der Waals surface area (Å²) in [5.74, 6) is 11.7. The van der Waals surface area contributed by atoms with E-state index in [1.54, 1.807) is 40.9 Å². The van der Waals surface area contributed by atoms with Gasteiger partial charge in [-0.1, -0.05) is 48.4 Å². The Morgan fingerprint density at radius 3 is 2.25 bits per heavy atom. The number of ether oxygens (including phenoxy) is 12. The molecule has 7 rings (SSSR count). The first-order valence-corrected chi connectivity index (χ1v) is 28.9. The molecule has 27 heteroatoms. The lowest BCUT2D eigenvalue weighted by Gasteiger charge is -2.47. The van der Waals surface area contributed by atoms with E-state index in [9.17, 15) is 40.2 Å². The van der Waals surface area contributed by atoms with Crippen LogP contribution < -0.4 is 30.3 Å². The number of carbonyl (C=O) groups excluding carboxylic acids is 2. The largest absolute Gasteiger partial charge is 0.492 e. The fraction of sp³-hybridized carbons (Fsp3) is 0.667. The average Bonchev–Trinajstić information content (AvgIpc) is 3.47.